The summed E-state index contributed by atoms with van der Waals surface area (Å²) in [6.07, 6.45) is 1.28. The van der Waals surface area contributed by atoms with Crippen LogP contribution >= 0.6 is 0 Å². The number of aromatic nitrogens is 2. The SMILES string of the molecule is CC(=O)NC(Cn1cnc(OCc2ccccc2)cc1=O)C(=O)OCc1ccccc1. The maximum atomic E-state index is 12.5. The minimum absolute atomic E-state index is 0.0647. The van der Waals surface area contributed by atoms with Crippen molar-refractivity contribution in [3.8, 4) is 5.88 Å². The summed E-state index contributed by atoms with van der Waals surface area (Å²) in [7, 11) is 0. The fourth-order valence-electron chi connectivity index (χ4n) is 2.81. The Hall–Kier alpha value is -3.94. The van der Waals surface area contributed by atoms with Gasteiger partial charge in [0.1, 0.15) is 25.6 Å². The zero-order chi connectivity index (χ0) is 22.1. The molecule has 31 heavy (non-hydrogen) atoms. The Balaban J connectivity index is 1.63. The van der Waals surface area contributed by atoms with E-state index in [1.165, 1.54) is 23.9 Å². The first-order valence-corrected chi connectivity index (χ1v) is 9.72. The highest BCUT2D eigenvalue weighted by molar-refractivity contribution is 5.83. The van der Waals surface area contributed by atoms with Crippen LogP contribution in [0.3, 0.4) is 0 Å². The normalized spacial score (nSPS) is 11.4. The molecule has 1 heterocycles. The molecule has 0 fully saturated rings. The number of rotatable bonds is 9. The molecular weight excluding hydrogens is 398 g/mol. The predicted octanol–water partition coefficient (Wildman–Crippen LogP) is 2.07. The average Bonchev–Trinajstić information content (AvgIpc) is 2.78. The van der Waals surface area contributed by atoms with Gasteiger partial charge in [-0.2, -0.15) is 0 Å². The van der Waals surface area contributed by atoms with Crippen LogP contribution in [-0.2, 0) is 34.1 Å². The predicted molar refractivity (Wildman–Crippen MR) is 113 cm³/mol. The number of ether oxygens (including phenoxy) is 2. The lowest BCUT2D eigenvalue weighted by Gasteiger charge is -2.18. The molecule has 0 bridgehead atoms. The number of nitrogens with one attached hydrogen (secondary N) is 1. The number of carbonyl (C=O) groups is 2. The number of amides is 1. The minimum Gasteiger partial charge on any atom is -0.473 e. The summed E-state index contributed by atoms with van der Waals surface area (Å²) in [5.74, 6) is -0.881. The Kier molecular flexibility index (Phi) is 7.53. The van der Waals surface area contributed by atoms with Crippen molar-refractivity contribution in [2.75, 3.05) is 0 Å². The molecule has 8 nitrogen and oxygen atoms in total. The number of nitrogens with zero attached hydrogens (tertiary/aromatic N) is 2. The molecule has 0 spiro atoms. The van der Waals surface area contributed by atoms with Gasteiger partial charge in [-0.15, -0.1) is 0 Å². The summed E-state index contributed by atoms with van der Waals surface area (Å²) in [5, 5.41) is 2.52. The fourth-order valence-corrected chi connectivity index (χ4v) is 2.81. The van der Waals surface area contributed by atoms with E-state index in [0.29, 0.717) is 0 Å². The molecular formula is C23H23N3O5. The van der Waals surface area contributed by atoms with Crippen LogP contribution in [0.1, 0.15) is 18.1 Å². The maximum Gasteiger partial charge on any atom is 0.330 e. The third-order valence-corrected chi connectivity index (χ3v) is 4.35. The topological polar surface area (TPSA) is 99.5 Å². The molecule has 0 aliphatic rings. The van der Waals surface area contributed by atoms with Gasteiger partial charge in [-0.1, -0.05) is 60.7 Å². The summed E-state index contributed by atoms with van der Waals surface area (Å²) in [5.41, 5.74) is 1.35. The Labute approximate surface area is 179 Å². The molecule has 0 saturated carbocycles. The number of benzene rings is 2. The molecule has 160 valence electrons. The van der Waals surface area contributed by atoms with Crippen molar-refractivity contribution in [1.29, 1.82) is 0 Å². The van der Waals surface area contributed by atoms with Gasteiger partial charge in [0.15, 0.2) is 0 Å². The van der Waals surface area contributed by atoms with E-state index in [-0.39, 0.29) is 25.6 Å². The van der Waals surface area contributed by atoms with Crippen molar-refractivity contribution in [3.05, 3.63) is 94.5 Å². The second kappa shape index (κ2) is 10.7. The van der Waals surface area contributed by atoms with Gasteiger partial charge in [-0.3, -0.25) is 14.2 Å². The number of esters is 1. The first-order chi connectivity index (χ1) is 15.0. The largest absolute Gasteiger partial charge is 0.473 e. The molecule has 0 aliphatic heterocycles. The Morgan fingerprint density at radius 1 is 1.00 bits per heavy atom. The standard InChI is InChI=1S/C23H23N3O5/c1-17(27)25-20(23(29)31-15-19-10-6-3-7-11-19)13-26-16-24-21(12-22(26)28)30-14-18-8-4-2-5-9-18/h2-12,16,20H,13-15H2,1H3,(H,25,27). The highest BCUT2D eigenvalue weighted by atomic mass is 16.5. The van der Waals surface area contributed by atoms with E-state index in [1.807, 2.05) is 60.7 Å². The van der Waals surface area contributed by atoms with E-state index < -0.39 is 23.5 Å². The molecule has 0 saturated heterocycles. The first kappa shape index (κ1) is 21.8. The maximum absolute atomic E-state index is 12.5. The van der Waals surface area contributed by atoms with Gasteiger partial charge in [0.05, 0.1) is 12.6 Å². The highest BCUT2D eigenvalue weighted by Crippen LogP contribution is 2.07. The molecule has 2 aromatic carbocycles. The van der Waals surface area contributed by atoms with Crippen molar-refractivity contribution in [1.82, 2.24) is 14.9 Å². The smallest absolute Gasteiger partial charge is 0.330 e. The second-order valence-electron chi connectivity index (χ2n) is 6.84. The summed E-state index contributed by atoms with van der Waals surface area (Å²) in [4.78, 5) is 40.6. The van der Waals surface area contributed by atoms with E-state index in [4.69, 9.17) is 9.47 Å². The quantitative estimate of drug-likeness (QED) is 0.531. The van der Waals surface area contributed by atoms with Gasteiger partial charge in [-0.05, 0) is 11.1 Å². The van der Waals surface area contributed by atoms with Gasteiger partial charge in [0.2, 0.25) is 11.8 Å². The molecule has 0 aliphatic carbocycles. The molecule has 1 atom stereocenters. The molecule has 0 radical (unpaired) electrons. The molecule has 1 unspecified atom stereocenters. The average molecular weight is 421 g/mol. The van der Waals surface area contributed by atoms with Gasteiger partial charge in [0.25, 0.3) is 5.56 Å². The zero-order valence-corrected chi connectivity index (χ0v) is 17.1. The third-order valence-electron chi connectivity index (χ3n) is 4.35. The van der Waals surface area contributed by atoms with E-state index in [9.17, 15) is 14.4 Å². The molecule has 3 aromatic rings. The number of hydrogen-bond acceptors (Lipinski definition) is 6. The lowest BCUT2D eigenvalue weighted by atomic mass is 10.2. The third kappa shape index (κ3) is 6.81. The van der Waals surface area contributed by atoms with E-state index >= 15 is 0 Å². The van der Waals surface area contributed by atoms with Crippen LogP contribution in [0.5, 0.6) is 5.88 Å². The van der Waals surface area contributed by atoms with Crippen molar-refractivity contribution in [2.45, 2.75) is 32.7 Å². The Morgan fingerprint density at radius 2 is 1.61 bits per heavy atom. The van der Waals surface area contributed by atoms with Crippen molar-refractivity contribution >= 4 is 11.9 Å². The summed E-state index contributed by atoms with van der Waals surface area (Å²) in [6.45, 7) is 1.52. The lowest BCUT2D eigenvalue weighted by Crippen LogP contribution is -2.45. The van der Waals surface area contributed by atoms with Crippen molar-refractivity contribution < 1.29 is 19.1 Å². The molecule has 8 heteroatoms. The monoisotopic (exact) mass is 421 g/mol. The Morgan fingerprint density at radius 3 is 2.19 bits per heavy atom. The Bertz CT molecular complexity index is 1070. The summed E-state index contributed by atoms with van der Waals surface area (Å²) >= 11 is 0. The van der Waals surface area contributed by atoms with Crippen molar-refractivity contribution in [3.63, 3.8) is 0 Å². The van der Waals surface area contributed by atoms with Gasteiger partial charge in [0, 0.05) is 6.92 Å². The van der Waals surface area contributed by atoms with Crippen LogP contribution in [0, 0.1) is 0 Å². The van der Waals surface area contributed by atoms with E-state index in [0.717, 1.165) is 11.1 Å². The molecule has 3 rings (SSSR count). The highest BCUT2D eigenvalue weighted by Gasteiger charge is 2.22. The number of carbonyl (C=O) groups excluding carboxylic acids is 2. The van der Waals surface area contributed by atoms with Crippen LogP contribution in [0.15, 0.2) is 77.9 Å². The second-order valence-corrected chi connectivity index (χ2v) is 6.84. The minimum atomic E-state index is -1.03. The van der Waals surface area contributed by atoms with Crippen LogP contribution in [0.2, 0.25) is 0 Å². The first-order valence-electron chi connectivity index (χ1n) is 9.72. The van der Waals surface area contributed by atoms with Gasteiger partial charge < -0.3 is 14.8 Å². The zero-order valence-electron chi connectivity index (χ0n) is 17.1. The van der Waals surface area contributed by atoms with Crippen LogP contribution in [0.25, 0.3) is 0 Å². The van der Waals surface area contributed by atoms with Crippen molar-refractivity contribution in [2.24, 2.45) is 0 Å². The van der Waals surface area contributed by atoms with Crippen LogP contribution in [-0.4, -0.2) is 27.5 Å². The van der Waals surface area contributed by atoms with Crippen LogP contribution < -0.4 is 15.6 Å². The molecule has 1 N–H and O–H groups in total. The lowest BCUT2D eigenvalue weighted by molar-refractivity contribution is -0.149. The number of hydrogen-bond donors (Lipinski definition) is 1. The van der Waals surface area contributed by atoms with E-state index in [1.54, 1.807) is 0 Å². The van der Waals surface area contributed by atoms with Gasteiger partial charge >= 0.3 is 5.97 Å². The molecule has 1 amide bonds. The summed E-state index contributed by atoms with van der Waals surface area (Å²) in [6, 6.07) is 18.9. The van der Waals surface area contributed by atoms with Crippen LogP contribution in [0.4, 0.5) is 0 Å². The van der Waals surface area contributed by atoms with Gasteiger partial charge in [-0.25, -0.2) is 9.78 Å². The van der Waals surface area contributed by atoms with E-state index in [2.05, 4.69) is 10.3 Å². The summed E-state index contributed by atoms with van der Waals surface area (Å²) < 4.78 is 12.1. The molecule has 1 aromatic heterocycles. The fraction of sp³-hybridized carbons (Fsp3) is 0.217.